The summed E-state index contributed by atoms with van der Waals surface area (Å²) in [6, 6.07) is 10.7. The van der Waals surface area contributed by atoms with Crippen LogP contribution in [0.1, 0.15) is 52.0 Å². The summed E-state index contributed by atoms with van der Waals surface area (Å²) in [5, 5.41) is 2.45. The van der Waals surface area contributed by atoms with Gasteiger partial charge in [0.25, 0.3) is 11.5 Å². The van der Waals surface area contributed by atoms with Crippen LogP contribution in [0.3, 0.4) is 0 Å². The minimum Gasteiger partial charge on any atom is -0.355 e. The molecule has 2 aromatic rings. The van der Waals surface area contributed by atoms with Crippen LogP contribution < -0.4 is 10.9 Å². The topological polar surface area (TPSA) is 102 Å². The summed E-state index contributed by atoms with van der Waals surface area (Å²) in [4.78, 5) is 37.8. The molecule has 1 aromatic carbocycles. The van der Waals surface area contributed by atoms with Crippen LogP contribution in [0.5, 0.6) is 0 Å². The van der Waals surface area contributed by atoms with Crippen molar-refractivity contribution in [2.45, 2.75) is 32.2 Å². The molecular weight excluding hydrogens is 404 g/mol. The van der Waals surface area contributed by atoms with E-state index >= 15 is 0 Å². The van der Waals surface area contributed by atoms with E-state index < -0.39 is 21.3 Å². The van der Waals surface area contributed by atoms with Crippen molar-refractivity contribution in [2.75, 3.05) is 18.6 Å². The second-order valence-corrected chi connectivity index (χ2v) is 10.0. The zero-order chi connectivity index (χ0) is 21.7. The highest BCUT2D eigenvalue weighted by Gasteiger charge is 2.24. The molecule has 3 rings (SSSR count). The quantitative estimate of drug-likeness (QED) is 0.678. The Kier molecular flexibility index (Phi) is 6.87. The van der Waals surface area contributed by atoms with Crippen LogP contribution in [0.2, 0.25) is 0 Å². The Morgan fingerprint density at radius 2 is 1.80 bits per heavy atom. The van der Waals surface area contributed by atoms with Crippen molar-refractivity contribution in [1.29, 1.82) is 0 Å². The Balaban J connectivity index is 1.80. The number of ketones is 1. The normalized spacial score (nSPS) is 16.2. The number of carbonyl (C=O) groups excluding carboxylic acids is 2. The van der Waals surface area contributed by atoms with Crippen molar-refractivity contribution >= 4 is 21.5 Å². The Morgan fingerprint density at radius 3 is 2.43 bits per heavy atom. The molecule has 0 atom stereocenters. The van der Waals surface area contributed by atoms with Crippen LogP contribution in [-0.2, 0) is 16.4 Å². The van der Waals surface area contributed by atoms with Gasteiger partial charge in [0.2, 0.25) is 0 Å². The summed E-state index contributed by atoms with van der Waals surface area (Å²) < 4.78 is 24.5. The van der Waals surface area contributed by atoms with Crippen molar-refractivity contribution in [3.63, 3.8) is 0 Å². The first-order valence-corrected chi connectivity index (χ1v) is 11.9. The lowest BCUT2D eigenvalue weighted by Crippen LogP contribution is -2.32. The first kappa shape index (κ1) is 22.0. The summed E-state index contributed by atoms with van der Waals surface area (Å²) in [6.07, 6.45) is 3.51. The zero-order valence-corrected chi connectivity index (χ0v) is 17.8. The van der Waals surface area contributed by atoms with Gasteiger partial charge in [-0.25, -0.2) is 8.42 Å². The summed E-state index contributed by atoms with van der Waals surface area (Å²) in [6.45, 7) is 0.255. The van der Waals surface area contributed by atoms with E-state index in [4.69, 9.17) is 0 Å². The van der Waals surface area contributed by atoms with E-state index in [0.29, 0.717) is 24.8 Å². The summed E-state index contributed by atoms with van der Waals surface area (Å²) in [7, 11) is -1.49. The van der Waals surface area contributed by atoms with E-state index in [1.165, 1.54) is 23.9 Å². The number of rotatable bonds is 7. The second kappa shape index (κ2) is 9.38. The predicted octanol–water partition coefficient (Wildman–Crippen LogP) is 2.04. The molecule has 0 saturated carbocycles. The number of carbonyl (C=O) groups is 2. The number of amides is 1. The summed E-state index contributed by atoms with van der Waals surface area (Å²) in [5.41, 5.74) is 0.679. The van der Waals surface area contributed by atoms with E-state index in [1.54, 1.807) is 0 Å². The van der Waals surface area contributed by atoms with Crippen LogP contribution in [0, 0.1) is 5.92 Å². The first-order chi connectivity index (χ1) is 14.3. The molecule has 2 heterocycles. The molecule has 0 aliphatic carbocycles. The monoisotopic (exact) mass is 430 g/mol. The van der Waals surface area contributed by atoms with Crippen molar-refractivity contribution in [3.05, 3.63) is 69.6 Å². The Bertz CT molecular complexity index is 1080. The maximum Gasteiger partial charge on any atom is 0.263 e. The molecule has 0 unspecified atom stereocenters. The molecule has 1 aromatic heterocycles. The first-order valence-electron chi connectivity index (χ1n) is 10.0. The molecule has 0 radical (unpaired) electrons. The highest BCUT2D eigenvalue weighted by atomic mass is 32.2. The number of pyridine rings is 1. The molecule has 0 bridgehead atoms. The Morgan fingerprint density at radius 1 is 1.13 bits per heavy atom. The third kappa shape index (κ3) is 5.44. The zero-order valence-electron chi connectivity index (χ0n) is 17.0. The van der Waals surface area contributed by atoms with Crippen molar-refractivity contribution in [3.8, 4) is 0 Å². The maximum atomic E-state index is 12.8. The number of benzene rings is 1. The fourth-order valence-corrected chi connectivity index (χ4v) is 5.28. The van der Waals surface area contributed by atoms with Gasteiger partial charge in [-0.3, -0.25) is 14.4 Å². The van der Waals surface area contributed by atoms with Gasteiger partial charge in [0, 0.05) is 25.2 Å². The Labute approximate surface area is 176 Å². The van der Waals surface area contributed by atoms with Crippen molar-refractivity contribution < 1.29 is 18.0 Å². The minimum atomic E-state index is -2.93. The van der Waals surface area contributed by atoms with Gasteiger partial charge in [0.05, 0.1) is 18.1 Å². The van der Waals surface area contributed by atoms with Crippen LogP contribution >= 0.6 is 0 Å². The predicted molar refractivity (Wildman–Crippen MR) is 115 cm³/mol. The van der Waals surface area contributed by atoms with Gasteiger partial charge >= 0.3 is 0 Å². The number of aromatic nitrogens is 1. The van der Waals surface area contributed by atoms with Gasteiger partial charge in [0.1, 0.15) is 15.4 Å². The molecule has 8 heteroatoms. The van der Waals surface area contributed by atoms with Crippen molar-refractivity contribution in [2.24, 2.45) is 5.92 Å². The number of nitrogens with one attached hydrogen (secondary N) is 1. The van der Waals surface area contributed by atoms with E-state index in [9.17, 15) is 22.8 Å². The number of hydrogen-bond donors (Lipinski definition) is 1. The maximum absolute atomic E-state index is 12.8. The minimum absolute atomic E-state index is 0.0666. The van der Waals surface area contributed by atoms with E-state index in [0.717, 1.165) is 5.56 Å². The molecule has 1 aliphatic rings. The SMILES string of the molecule is CNC(=O)c1cc(C(=O)CCC2CCS(=O)(=O)CC2)cn(Cc2ccccc2)c1=O. The van der Waals surface area contributed by atoms with Crippen LogP contribution in [0.25, 0.3) is 0 Å². The van der Waals surface area contributed by atoms with Gasteiger partial charge in [-0.15, -0.1) is 0 Å². The Hall–Kier alpha value is -2.74. The second-order valence-electron chi connectivity index (χ2n) is 7.70. The largest absolute Gasteiger partial charge is 0.355 e. The third-order valence-electron chi connectivity index (χ3n) is 5.53. The molecule has 30 heavy (non-hydrogen) atoms. The lowest BCUT2D eigenvalue weighted by Gasteiger charge is -2.21. The molecular formula is C22H26N2O5S. The number of hydrogen-bond acceptors (Lipinski definition) is 5. The standard InChI is InChI=1S/C22H26N2O5S/c1-23-21(26)19-13-18(15-24(22(19)27)14-17-5-3-2-4-6-17)20(25)8-7-16-9-11-30(28,29)12-10-16/h2-6,13,15-16H,7-12,14H2,1H3,(H,23,26). The lowest BCUT2D eigenvalue weighted by atomic mass is 9.94. The van der Waals surface area contributed by atoms with Crippen LogP contribution in [0.15, 0.2) is 47.4 Å². The number of sulfone groups is 1. The molecule has 1 amide bonds. The van der Waals surface area contributed by atoms with Gasteiger partial charge in [0.15, 0.2) is 5.78 Å². The molecule has 1 N–H and O–H groups in total. The number of nitrogens with zero attached hydrogens (tertiary/aromatic N) is 1. The highest BCUT2D eigenvalue weighted by Crippen LogP contribution is 2.24. The van der Waals surface area contributed by atoms with Gasteiger partial charge in [-0.2, -0.15) is 0 Å². The van der Waals surface area contributed by atoms with Crippen LogP contribution in [-0.4, -0.2) is 43.2 Å². The smallest absolute Gasteiger partial charge is 0.263 e. The average Bonchev–Trinajstić information content (AvgIpc) is 2.74. The lowest BCUT2D eigenvalue weighted by molar-refractivity contribution is 0.0961. The fourth-order valence-electron chi connectivity index (χ4n) is 3.69. The van der Waals surface area contributed by atoms with E-state index in [1.807, 2.05) is 30.3 Å². The van der Waals surface area contributed by atoms with Crippen molar-refractivity contribution in [1.82, 2.24) is 9.88 Å². The summed E-state index contributed by atoms with van der Waals surface area (Å²) >= 11 is 0. The molecule has 1 aliphatic heterocycles. The molecule has 1 fully saturated rings. The van der Waals surface area contributed by atoms with Gasteiger partial charge in [-0.05, 0) is 36.8 Å². The van der Waals surface area contributed by atoms with E-state index in [2.05, 4.69) is 5.32 Å². The summed E-state index contributed by atoms with van der Waals surface area (Å²) in [5.74, 6) is -0.140. The molecule has 0 spiro atoms. The third-order valence-corrected chi connectivity index (χ3v) is 7.24. The average molecular weight is 431 g/mol. The highest BCUT2D eigenvalue weighted by molar-refractivity contribution is 7.91. The van der Waals surface area contributed by atoms with Gasteiger partial charge in [-0.1, -0.05) is 30.3 Å². The molecule has 1 saturated heterocycles. The fraction of sp³-hybridized carbons (Fsp3) is 0.409. The molecule has 160 valence electrons. The number of Topliss-reactive ketones (excluding diaryl/α,β-unsaturated/α-hetero) is 1. The van der Waals surface area contributed by atoms with Crippen LogP contribution in [0.4, 0.5) is 0 Å². The van der Waals surface area contributed by atoms with Gasteiger partial charge < -0.3 is 9.88 Å². The molecule has 7 nitrogen and oxygen atoms in total. The van der Waals surface area contributed by atoms with E-state index in [-0.39, 0.29) is 41.7 Å².